The predicted molar refractivity (Wildman–Crippen MR) is 142 cm³/mol. The summed E-state index contributed by atoms with van der Waals surface area (Å²) in [5, 5.41) is 0.711. The highest BCUT2D eigenvalue weighted by atomic mass is 19.4. The van der Waals surface area contributed by atoms with Gasteiger partial charge in [-0.3, -0.25) is 0 Å². The first kappa shape index (κ1) is 29.4. The molecule has 0 spiro atoms. The van der Waals surface area contributed by atoms with Gasteiger partial charge in [0.15, 0.2) is 11.6 Å². The zero-order valence-electron chi connectivity index (χ0n) is 22.0. The topological polar surface area (TPSA) is 9.23 Å². The van der Waals surface area contributed by atoms with E-state index in [1.165, 1.54) is 42.5 Å². The summed E-state index contributed by atoms with van der Waals surface area (Å²) in [6.07, 6.45) is 1.16. The van der Waals surface area contributed by atoms with Crippen LogP contribution in [0.5, 0.6) is 5.75 Å². The molecular weight excluding hydrogens is 533 g/mol. The summed E-state index contributed by atoms with van der Waals surface area (Å²) in [6.45, 7) is 2.12. The van der Waals surface area contributed by atoms with Gasteiger partial charge >= 0.3 is 6.36 Å². The van der Waals surface area contributed by atoms with Crippen LogP contribution in [0.4, 0.5) is 30.7 Å². The van der Waals surface area contributed by atoms with Crippen molar-refractivity contribution in [1.29, 1.82) is 0 Å². The molecule has 0 radical (unpaired) electrons. The Bertz CT molecular complexity index is 1450. The van der Waals surface area contributed by atoms with E-state index in [-0.39, 0.29) is 23.8 Å². The molecule has 1 nitrogen and oxygen atoms in total. The minimum absolute atomic E-state index is 0.158. The molecule has 0 unspecified atom stereocenters. The van der Waals surface area contributed by atoms with Gasteiger partial charge in [-0.1, -0.05) is 62.9 Å². The summed E-state index contributed by atoms with van der Waals surface area (Å²) >= 11 is 0. The van der Waals surface area contributed by atoms with Gasteiger partial charge < -0.3 is 4.74 Å². The summed E-state index contributed by atoms with van der Waals surface area (Å²) in [6, 6.07) is 13.4. The molecule has 0 atom stereocenters. The van der Waals surface area contributed by atoms with E-state index in [4.69, 9.17) is 0 Å². The summed E-state index contributed by atoms with van der Waals surface area (Å²) in [7, 11) is 0. The van der Waals surface area contributed by atoms with Crippen LogP contribution < -0.4 is 4.74 Å². The average molecular weight is 563 g/mol. The van der Waals surface area contributed by atoms with Gasteiger partial charge in [0.1, 0.15) is 17.5 Å². The maximum absolute atomic E-state index is 15.3. The molecule has 40 heavy (non-hydrogen) atoms. The fraction of sp³-hybridized carbons (Fsp3) is 0.312. The average Bonchev–Trinajstić information content (AvgIpc) is 2.88. The molecule has 0 aliphatic heterocycles. The van der Waals surface area contributed by atoms with E-state index in [2.05, 4.69) is 11.7 Å². The minimum atomic E-state index is -5.01. The van der Waals surface area contributed by atoms with Crippen molar-refractivity contribution in [2.24, 2.45) is 0 Å². The molecule has 4 rings (SSSR count). The van der Waals surface area contributed by atoms with E-state index in [0.29, 0.717) is 34.1 Å². The van der Waals surface area contributed by atoms with Gasteiger partial charge in [-0.15, -0.1) is 13.2 Å². The fourth-order valence-electron chi connectivity index (χ4n) is 4.85. The van der Waals surface area contributed by atoms with Crippen molar-refractivity contribution in [2.75, 3.05) is 0 Å². The van der Waals surface area contributed by atoms with Gasteiger partial charge in [0.25, 0.3) is 0 Å². The second kappa shape index (κ2) is 12.7. The molecule has 8 heteroatoms. The summed E-state index contributed by atoms with van der Waals surface area (Å²) in [5.74, 6) is -3.96. The minimum Gasteiger partial charge on any atom is -0.403 e. The number of halogens is 7. The van der Waals surface area contributed by atoms with Gasteiger partial charge in [0, 0.05) is 5.39 Å². The van der Waals surface area contributed by atoms with E-state index in [1.807, 2.05) is 0 Å². The summed E-state index contributed by atoms with van der Waals surface area (Å²) in [5.41, 5.74) is 1.42. The second-order valence-corrected chi connectivity index (χ2v) is 9.89. The molecule has 0 aromatic heterocycles. The Morgan fingerprint density at radius 3 is 2.02 bits per heavy atom. The molecule has 0 fully saturated rings. The Kier molecular flexibility index (Phi) is 9.38. The molecule has 0 aliphatic carbocycles. The Balaban J connectivity index is 1.48. The first-order valence-corrected chi connectivity index (χ1v) is 13.3. The van der Waals surface area contributed by atoms with Gasteiger partial charge in [-0.05, 0) is 83.7 Å². The third-order valence-electron chi connectivity index (χ3n) is 6.90. The number of aryl methyl sites for hydroxylation is 3. The van der Waals surface area contributed by atoms with Gasteiger partial charge in [0.2, 0.25) is 0 Å². The van der Waals surface area contributed by atoms with Crippen molar-refractivity contribution >= 4 is 10.8 Å². The van der Waals surface area contributed by atoms with E-state index in [1.54, 1.807) is 6.07 Å². The lowest BCUT2D eigenvalue weighted by Gasteiger charge is -2.12. The van der Waals surface area contributed by atoms with Crippen molar-refractivity contribution in [1.82, 2.24) is 0 Å². The van der Waals surface area contributed by atoms with Crippen LogP contribution in [-0.2, 0) is 19.3 Å². The number of unbranched alkanes of at least 4 members (excludes halogenated alkanes) is 4. The van der Waals surface area contributed by atoms with Crippen molar-refractivity contribution in [3.8, 4) is 16.9 Å². The predicted octanol–water partition coefficient (Wildman–Crippen LogP) is 10.3. The lowest BCUT2D eigenvalue weighted by Crippen LogP contribution is -2.18. The lowest BCUT2D eigenvalue weighted by atomic mass is 9.95. The molecule has 0 aliphatic rings. The van der Waals surface area contributed by atoms with E-state index in [0.717, 1.165) is 44.2 Å². The number of ether oxygens (including phenoxy) is 1. The summed E-state index contributed by atoms with van der Waals surface area (Å²) in [4.78, 5) is 0. The largest absolute Gasteiger partial charge is 0.573 e. The van der Waals surface area contributed by atoms with Gasteiger partial charge in [-0.25, -0.2) is 17.6 Å². The zero-order chi connectivity index (χ0) is 28.9. The maximum Gasteiger partial charge on any atom is 0.573 e. The SMILES string of the molecule is CCCCCCCc1cc(F)c(-c2ccc3c(F)c(CCc4ccc(OC(F)(F)F)c(F)c4)ccc3c2)c(F)c1. The zero-order valence-corrected chi connectivity index (χ0v) is 22.0. The molecule has 0 heterocycles. The molecule has 4 aromatic rings. The van der Waals surface area contributed by atoms with E-state index < -0.39 is 35.4 Å². The molecule has 4 aromatic carbocycles. The highest BCUT2D eigenvalue weighted by molar-refractivity contribution is 5.88. The number of benzene rings is 4. The van der Waals surface area contributed by atoms with Gasteiger partial charge in [0.05, 0.1) is 5.56 Å². The first-order valence-electron chi connectivity index (χ1n) is 13.3. The van der Waals surface area contributed by atoms with Crippen LogP contribution in [0.2, 0.25) is 0 Å². The smallest absolute Gasteiger partial charge is 0.403 e. The molecule has 0 saturated heterocycles. The monoisotopic (exact) mass is 562 g/mol. The van der Waals surface area contributed by atoms with E-state index in [9.17, 15) is 26.3 Å². The standard InChI is InChI=1S/C32H29F7O/c1-2-3-4-5-6-7-21-17-27(34)30(28(35)18-21)24-13-14-25-23(19-24)12-11-22(31(25)36)10-8-20-9-15-29(26(33)16-20)40-32(37,38)39/h9,11-19H,2-8,10H2,1H3. The van der Waals surface area contributed by atoms with Gasteiger partial charge in [-0.2, -0.15) is 0 Å². The fourth-order valence-corrected chi connectivity index (χ4v) is 4.85. The first-order chi connectivity index (χ1) is 19.1. The van der Waals surface area contributed by atoms with Crippen LogP contribution >= 0.6 is 0 Å². The molecular formula is C32H29F7O. The quantitative estimate of drug-likeness (QED) is 0.131. The van der Waals surface area contributed by atoms with E-state index >= 15 is 4.39 Å². The normalized spacial score (nSPS) is 11.8. The number of alkyl halides is 3. The number of fused-ring (bicyclic) bond motifs is 1. The Hall–Kier alpha value is -3.55. The Labute approximate surface area is 228 Å². The molecule has 0 bridgehead atoms. The van der Waals surface area contributed by atoms with Crippen LogP contribution in [0, 0.1) is 23.3 Å². The van der Waals surface area contributed by atoms with Crippen molar-refractivity contribution in [2.45, 2.75) is 64.7 Å². The number of hydrogen-bond donors (Lipinski definition) is 0. The van der Waals surface area contributed by atoms with Crippen LogP contribution in [0.3, 0.4) is 0 Å². The second-order valence-electron chi connectivity index (χ2n) is 9.89. The molecule has 0 amide bonds. The van der Waals surface area contributed by atoms with Crippen LogP contribution in [0.15, 0.2) is 60.7 Å². The third kappa shape index (κ3) is 7.34. The van der Waals surface area contributed by atoms with Crippen LogP contribution in [-0.4, -0.2) is 6.36 Å². The molecule has 212 valence electrons. The summed E-state index contributed by atoms with van der Waals surface area (Å²) < 4.78 is 99.9. The van der Waals surface area contributed by atoms with Crippen molar-refractivity contribution in [3.05, 3.63) is 101 Å². The van der Waals surface area contributed by atoms with Crippen LogP contribution in [0.1, 0.15) is 55.7 Å². The number of hydrogen-bond acceptors (Lipinski definition) is 1. The Morgan fingerprint density at radius 2 is 1.35 bits per heavy atom. The highest BCUT2D eigenvalue weighted by Gasteiger charge is 2.32. The third-order valence-corrected chi connectivity index (χ3v) is 6.90. The highest BCUT2D eigenvalue weighted by Crippen LogP contribution is 2.32. The lowest BCUT2D eigenvalue weighted by molar-refractivity contribution is -0.275. The Morgan fingerprint density at radius 1 is 0.650 bits per heavy atom. The maximum atomic E-state index is 15.3. The van der Waals surface area contributed by atoms with Crippen molar-refractivity contribution in [3.63, 3.8) is 0 Å². The number of rotatable bonds is 11. The molecule has 0 N–H and O–H groups in total. The van der Waals surface area contributed by atoms with Crippen LogP contribution in [0.25, 0.3) is 21.9 Å². The van der Waals surface area contributed by atoms with Crippen molar-refractivity contribution < 1.29 is 35.5 Å². The molecule has 0 saturated carbocycles.